The number of aromatic nitrogens is 2. The van der Waals surface area contributed by atoms with Crippen molar-refractivity contribution in [2.24, 2.45) is 22.7 Å². The number of halogens is 2. The second-order valence-corrected chi connectivity index (χ2v) is 14.5. The number of pyridine rings is 1. The lowest BCUT2D eigenvalue weighted by Crippen LogP contribution is -2.64. The molecule has 6 rings (SSSR count). The molecule has 2 N–H and O–H groups in total. The molecule has 236 valence electrons. The molecule has 2 aliphatic carbocycles. The summed E-state index contributed by atoms with van der Waals surface area (Å²) in [5.41, 5.74) is 1.85. The zero-order valence-electron chi connectivity index (χ0n) is 25.1. The molecule has 1 unspecified atom stereocenters. The van der Waals surface area contributed by atoms with Gasteiger partial charge in [-0.25, -0.2) is 8.78 Å². The SMILES string of the molecule is CNC(=O)C(NC(=O)[C@@H]1CN(C(=O)c2cncs2)CC12CN(C(=O)[C@H]1CC1(C)C)C2)c1cccc(C2CCC(F)(F)CC2)n1. The Balaban J connectivity index is 1.22. The number of amides is 4. The van der Waals surface area contributed by atoms with Crippen LogP contribution in [-0.2, 0) is 14.4 Å². The van der Waals surface area contributed by atoms with Gasteiger partial charge in [-0.2, -0.15) is 0 Å². The van der Waals surface area contributed by atoms with Gasteiger partial charge in [0.1, 0.15) is 4.88 Å². The van der Waals surface area contributed by atoms with E-state index in [2.05, 4.69) is 34.4 Å². The number of nitrogens with one attached hydrogen (secondary N) is 2. The molecular formula is C31H38F2N6O4S. The highest BCUT2D eigenvalue weighted by atomic mass is 32.1. The quantitative estimate of drug-likeness (QED) is 0.485. The Bertz CT molecular complexity index is 1450. The van der Waals surface area contributed by atoms with Crippen LogP contribution in [0.15, 0.2) is 29.9 Å². The van der Waals surface area contributed by atoms with Crippen molar-refractivity contribution in [2.75, 3.05) is 33.2 Å². The number of carbonyl (C=O) groups is 4. The Morgan fingerprint density at radius 1 is 1.05 bits per heavy atom. The van der Waals surface area contributed by atoms with E-state index < -0.39 is 35.1 Å². The molecule has 2 aliphatic heterocycles. The van der Waals surface area contributed by atoms with Crippen molar-refractivity contribution in [3.05, 3.63) is 46.2 Å². The van der Waals surface area contributed by atoms with E-state index in [-0.39, 0.29) is 48.5 Å². The fourth-order valence-corrected chi connectivity index (χ4v) is 7.70. The summed E-state index contributed by atoms with van der Waals surface area (Å²) in [6, 6.07) is 4.03. The van der Waals surface area contributed by atoms with Gasteiger partial charge in [-0.1, -0.05) is 19.9 Å². The van der Waals surface area contributed by atoms with Crippen LogP contribution in [0.1, 0.15) is 79.0 Å². The molecule has 4 fully saturated rings. The number of likely N-dealkylation sites (tertiary alicyclic amines) is 2. The monoisotopic (exact) mass is 628 g/mol. The maximum Gasteiger partial charge on any atom is 0.265 e. The fourth-order valence-electron chi connectivity index (χ4n) is 7.12. The van der Waals surface area contributed by atoms with Crippen molar-refractivity contribution in [3.63, 3.8) is 0 Å². The first-order valence-corrected chi connectivity index (χ1v) is 16.0. The van der Waals surface area contributed by atoms with E-state index in [1.165, 1.54) is 24.6 Å². The lowest BCUT2D eigenvalue weighted by molar-refractivity contribution is -0.151. The summed E-state index contributed by atoms with van der Waals surface area (Å²) in [5.74, 6) is -4.53. The third kappa shape index (κ3) is 5.70. The van der Waals surface area contributed by atoms with Gasteiger partial charge < -0.3 is 20.4 Å². The standard InChI is InChI=1S/C31H38F2N6O4S/c1-29(2)11-19(29)27(42)39-15-30(16-39)14-38(28(43)23-12-35-17-44-23)13-20(30)25(40)37-24(26(41)34-3)22-6-4-5-21(36-22)18-7-9-31(32,33)10-8-18/h4-6,12,17-20,24H,7-11,13-16H2,1-3H3,(H,34,41)(H,37,40)/t19-,20+,24?/m1/s1. The summed E-state index contributed by atoms with van der Waals surface area (Å²) >= 11 is 1.23. The number of likely N-dealkylation sites (N-methyl/N-ethyl adjacent to an activating group) is 1. The number of thiazole rings is 1. The van der Waals surface area contributed by atoms with Gasteiger partial charge in [0.25, 0.3) is 5.91 Å². The highest BCUT2D eigenvalue weighted by Gasteiger charge is 2.62. The molecule has 4 heterocycles. The predicted octanol–water partition coefficient (Wildman–Crippen LogP) is 3.38. The molecule has 2 saturated heterocycles. The first kappa shape index (κ1) is 30.5. The predicted molar refractivity (Wildman–Crippen MR) is 158 cm³/mol. The molecule has 3 atom stereocenters. The summed E-state index contributed by atoms with van der Waals surface area (Å²) in [5, 5.41) is 5.49. The number of hydrogen-bond donors (Lipinski definition) is 2. The highest BCUT2D eigenvalue weighted by molar-refractivity contribution is 7.11. The Kier molecular flexibility index (Phi) is 7.74. The fraction of sp³-hybridized carbons (Fsp3) is 0.613. The van der Waals surface area contributed by atoms with Crippen molar-refractivity contribution in [3.8, 4) is 0 Å². The van der Waals surface area contributed by atoms with E-state index in [4.69, 9.17) is 0 Å². The molecule has 0 bridgehead atoms. The highest BCUT2D eigenvalue weighted by Crippen LogP contribution is 2.54. The zero-order valence-corrected chi connectivity index (χ0v) is 26.0. The molecule has 4 amide bonds. The molecule has 10 nitrogen and oxygen atoms in total. The lowest BCUT2D eigenvalue weighted by Gasteiger charge is -2.50. The minimum atomic E-state index is -2.67. The summed E-state index contributed by atoms with van der Waals surface area (Å²) in [4.78, 5) is 66.2. The molecule has 44 heavy (non-hydrogen) atoms. The van der Waals surface area contributed by atoms with Crippen molar-refractivity contribution >= 4 is 35.0 Å². The van der Waals surface area contributed by atoms with Gasteiger partial charge in [-0.3, -0.25) is 29.1 Å². The maximum absolute atomic E-state index is 14.0. The van der Waals surface area contributed by atoms with Crippen LogP contribution < -0.4 is 10.6 Å². The Hall–Kier alpha value is -3.48. The van der Waals surface area contributed by atoms with Crippen molar-refractivity contribution in [1.82, 2.24) is 30.4 Å². The van der Waals surface area contributed by atoms with E-state index in [0.29, 0.717) is 48.7 Å². The average Bonchev–Trinajstić information content (AvgIpc) is 3.34. The van der Waals surface area contributed by atoms with Crippen molar-refractivity contribution in [2.45, 2.75) is 63.8 Å². The number of rotatable bonds is 7. The molecule has 0 aromatic carbocycles. The van der Waals surface area contributed by atoms with Crippen LogP contribution in [0, 0.1) is 22.7 Å². The molecule has 4 aliphatic rings. The smallest absolute Gasteiger partial charge is 0.265 e. The van der Waals surface area contributed by atoms with Crippen LogP contribution in [-0.4, -0.2) is 82.5 Å². The lowest BCUT2D eigenvalue weighted by atomic mass is 9.70. The van der Waals surface area contributed by atoms with E-state index >= 15 is 0 Å². The van der Waals surface area contributed by atoms with Crippen LogP contribution in [0.3, 0.4) is 0 Å². The van der Waals surface area contributed by atoms with E-state index in [0.717, 1.165) is 6.42 Å². The molecule has 1 spiro atoms. The van der Waals surface area contributed by atoms with E-state index in [9.17, 15) is 28.0 Å². The summed E-state index contributed by atoms with van der Waals surface area (Å²) in [6.45, 7) is 5.30. The first-order valence-electron chi connectivity index (χ1n) is 15.2. The van der Waals surface area contributed by atoms with Gasteiger partial charge in [0.2, 0.25) is 23.6 Å². The summed E-state index contributed by atoms with van der Waals surface area (Å²) in [7, 11) is 1.47. The molecular weight excluding hydrogens is 590 g/mol. The van der Waals surface area contributed by atoms with Gasteiger partial charge in [0, 0.05) is 69.0 Å². The van der Waals surface area contributed by atoms with Crippen molar-refractivity contribution in [1.29, 1.82) is 0 Å². The maximum atomic E-state index is 14.0. The second-order valence-electron chi connectivity index (χ2n) is 13.6. The minimum Gasteiger partial charge on any atom is -0.357 e. The largest absolute Gasteiger partial charge is 0.357 e. The molecule has 0 radical (unpaired) electrons. The molecule has 13 heteroatoms. The van der Waals surface area contributed by atoms with Crippen LogP contribution in [0.4, 0.5) is 8.78 Å². The van der Waals surface area contributed by atoms with Gasteiger partial charge in [0.15, 0.2) is 6.04 Å². The van der Waals surface area contributed by atoms with Crippen LogP contribution in [0.2, 0.25) is 0 Å². The number of carbonyl (C=O) groups excluding carboxylic acids is 4. The summed E-state index contributed by atoms with van der Waals surface area (Å²) in [6.07, 6.45) is 2.50. The summed E-state index contributed by atoms with van der Waals surface area (Å²) < 4.78 is 27.5. The van der Waals surface area contributed by atoms with Gasteiger partial charge >= 0.3 is 0 Å². The van der Waals surface area contributed by atoms with Gasteiger partial charge in [-0.15, -0.1) is 11.3 Å². The Morgan fingerprint density at radius 2 is 1.73 bits per heavy atom. The van der Waals surface area contributed by atoms with Crippen molar-refractivity contribution < 1.29 is 28.0 Å². The number of alkyl halides is 2. The zero-order chi connectivity index (χ0) is 31.4. The van der Waals surface area contributed by atoms with Gasteiger partial charge in [-0.05, 0) is 36.8 Å². The van der Waals surface area contributed by atoms with E-state index in [1.54, 1.807) is 33.5 Å². The van der Waals surface area contributed by atoms with Crippen LogP contribution in [0.5, 0.6) is 0 Å². The Morgan fingerprint density at radius 3 is 2.34 bits per heavy atom. The normalized spacial score (nSPS) is 25.7. The molecule has 2 aromatic heterocycles. The van der Waals surface area contributed by atoms with Crippen LogP contribution >= 0.6 is 11.3 Å². The second kappa shape index (κ2) is 11.1. The average molecular weight is 629 g/mol. The number of hydrogen-bond acceptors (Lipinski definition) is 7. The first-order chi connectivity index (χ1) is 20.8. The van der Waals surface area contributed by atoms with E-state index in [1.807, 2.05) is 0 Å². The third-order valence-electron chi connectivity index (χ3n) is 10.0. The van der Waals surface area contributed by atoms with Gasteiger partial charge in [0.05, 0.1) is 23.3 Å². The number of nitrogens with zero attached hydrogens (tertiary/aromatic N) is 4. The molecule has 2 aromatic rings. The topological polar surface area (TPSA) is 125 Å². The Labute approximate surface area is 259 Å². The van der Waals surface area contributed by atoms with Crippen LogP contribution in [0.25, 0.3) is 0 Å². The third-order valence-corrected chi connectivity index (χ3v) is 10.8. The minimum absolute atomic E-state index is 0.0266. The molecule has 2 saturated carbocycles.